The van der Waals surface area contributed by atoms with Crippen molar-refractivity contribution in [1.82, 2.24) is 9.97 Å². The van der Waals surface area contributed by atoms with Crippen molar-refractivity contribution in [3.05, 3.63) is 58.9 Å². The second-order valence-corrected chi connectivity index (χ2v) is 5.75. The Balaban J connectivity index is 1.72. The Labute approximate surface area is 120 Å². The maximum Gasteiger partial charge on any atom is 0.126 e. The van der Waals surface area contributed by atoms with Gasteiger partial charge in [0.25, 0.3) is 0 Å². The molecule has 3 nitrogen and oxygen atoms in total. The number of pyridine rings is 1. The van der Waals surface area contributed by atoms with Crippen molar-refractivity contribution in [2.45, 2.75) is 6.54 Å². The van der Waals surface area contributed by atoms with Crippen molar-refractivity contribution in [3.63, 3.8) is 0 Å². The molecule has 0 aliphatic heterocycles. The smallest absolute Gasteiger partial charge is 0.126 e. The van der Waals surface area contributed by atoms with Crippen LogP contribution in [0.4, 0.5) is 5.82 Å². The number of nitrogens with zero attached hydrogens (tertiary/aromatic N) is 1. The molecule has 0 aliphatic rings. The molecule has 3 heterocycles. The number of anilines is 1. The quantitative estimate of drug-likeness (QED) is 0.584. The van der Waals surface area contributed by atoms with Gasteiger partial charge in [0.1, 0.15) is 5.82 Å². The van der Waals surface area contributed by atoms with Gasteiger partial charge < -0.3 is 10.3 Å². The highest BCUT2D eigenvalue weighted by Gasteiger charge is 2.05. The van der Waals surface area contributed by atoms with Crippen LogP contribution in [0.5, 0.6) is 0 Å². The number of aromatic amines is 1. The number of para-hydroxylation sites is 1. The highest BCUT2D eigenvalue weighted by Crippen LogP contribution is 2.26. The van der Waals surface area contributed by atoms with Gasteiger partial charge in [-0.05, 0) is 23.6 Å². The first-order chi connectivity index (χ1) is 9.90. The molecular formula is C16H13N3S. The van der Waals surface area contributed by atoms with E-state index >= 15 is 0 Å². The minimum absolute atomic E-state index is 0.818. The van der Waals surface area contributed by atoms with E-state index in [1.807, 2.05) is 12.3 Å². The first kappa shape index (κ1) is 11.5. The molecule has 0 amide bonds. The predicted octanol–water partition coefficient (Wildman–Crippen LogP) is 4.39. The zero-order valence-corrected chi connectivity index (χ0v) is 11.6. The standard InChI is InChI=1S/C16H13N3S/c1-2-6-14-12(5-1)13-8-16(18-10-15(13)19-14)17-9-11-4-3-7-20-11/h1-8,10,19H,9H2,(H,17,18). The Bertz CT molecular complexity index is 862. The van der Waals surface area contributed by atoms with E-state index in [9.17, 15) is 0 Å². The highest BCUT2D eigenvalue weighted by molar-refractivity contribution is 7.09. The van der Waals surface area contributed by atoms with Crippen molar-refractivity contribution in [1.29, 1.82) is 0 Å². The molecule has 3 aromatic heterocycles. The van der Waals surface area contributed by atoms with Crippen LogP contribution < -0.4 is 5.32 Å². The Kier molecular flexibility index (Phi) is 2.67. The average Bonchev–Trinajstić information content (AvgIpc) is 3.12. The van der Waals surface area contributed by atoms with E-state index < -0.39 is 0 Å². The molecule has 1 aromatic carbocycles. The molecule has 0 fully saturated rings. The predicted molar refractivity (Wildman–Crippen MR) is 85.2 cm³/mol. The number of nitrogens with one attached hydrogen (secondary N) is 2. The third-order valence-corrected chi connectivity index (χ3v) is 4.29. The lowest BCUT2D eigenvalue weighted by atomic mass is 10.2. The minimum Gasteiger partial charge on any atom is -0.365 e. The van der Waals surface area contributed by atoms with Gasteiger partial charge in [0.15, 0.2) is 0 Å². The van der Waals surface area contributed by atoms with E-state index in [1.54, 1.807) is 11.3 Å². The number of benzene rings is 1. The summed E-state index contributed by atoms with van der Waals surface area (Å²) in [6.07, 6.45) is 1.89. The first-order valence-electron chi connectivity index (χ1n) is 6.53. The number of thiophene rings is 1. The average molecular weight is 279 g/mol. The maximum absolute atomic E-state index is 4.46. The van der Waals surface area contributed by atoms with Gasteiger partial charge in [0.2, 0.25) is 0 Å². The van der Waals surface area contributed by atoms with Crippen LogP contribution in [0, 0.1) is 0 Å². The van der Waals surface area contributed by atoms with Crippen molar-refractivity contribution in [2.24, 2.45) is 0 Å². The van der Waals surface area contributed by atoms with Crippen molar-refractivity contribution in [3.8, 4) is 0 Å². The van der Waals surface area contributed by atoms with Crippen LogP contribution >= 0.6 is 11.3 Å². The molecular weight excluding hydrogens is 266 g/mol. The number of rotatable bonds is 3. The van der Waals surface area contributed by atoms with Crippen LogP contribution in [0.1, 0.15) is 4.88 Å². The Hall–Kier alpha value is -2.33. The van der Waals surface area contributed by atoms with E-state index in [0.29, 0.717) is 0 Å². The second kappa shape index (κ2) is 4.65. The molecule has 0 unspecified atom stereocenters. The van der Waals surface area contributed by atoms with Gasteiger partial charge in [-0.3, -0.25) is 0 Å². The van der Waals surface area contributed by atoms with Crippen LogP contribution in [-0.4, -0.2) is 9.97 Å². The van der Waals surface area contributed by atoms with Crippen LogP contribution in [0.25, 0.3) is 21.8 Å². The van der Waals surface area contributed by atoms with E-state index in [2.05, 4.69) is 57.1 Å². The van der Waals surface area contributed by atoms with Crippen LogP contribution in [-0.2, 0) is 6.54 Å². The monoisotopic (exact) mass is 279 g/mol. The zero-order chi connectivity index (χ0) is 13.4. The summed E-state index contributed by atoms with van der Waals surface area (Å²) in [4.78, 5) is 9.16. The van der Waals surface area contributed by atoms with Gasteiger partial charge in [-0.2, -0.15) is 0 Å². The molecule has 0 radical (unpaired) electrons. The van der Waals surface area contributed by atoms with E-state index in [-0.39, 0.29) is 0 Å². The summed E-state index contributed by atoms with van der Waals surface area (Å²) in [6.45, 7) is 0.818. The molecule has 20 heavy (non-hydrogen) atoms. The number of aromatic nitrogens is 2. The van der Waals surface area contributed by atoms with Gasteiger partial charge in [0, 0.05) is 21.2 Å². The molecule has 4 aromatic rings. The van der Waals surface area contributed by atoms with Gasteiger partial charge in [-0.15, -0.1) is 11.3 Å². The summed E-state index contributed by atoms with van der Waals surface area (Å²) in [5.74, 6) is 0.913. The largest absolute Gasteiger partial charge is 0.365 e. The third kappa shape index (κ3) is 1.94. The molecule has 0 aliphatic carbocycles. The molecule has 0 saturated carbocycles. The summed E-state index contributed by atoms with van der Waals surface area (Å²) < 4.78 is 0. The molecule has 2 N–H and O–H groups in total. The van der Waals surface area contributed by atoms with Gasteiger partial charge >= 0.3 is 0 Å². The molecule has 0 atom stereocenters. The second-order valence-electron chi connectivity index (χ2n) is 4.72. The number of fused-ring (bicyclic) bond motifs is 3. The Morgan fingerprint density at radius 1 is 1.05 bits per heavy atom. The molecule has 98 valence electrons. The fourth-order valence-corrected chi connectivity index (χ4v) is 3.08. The number of H-pyrrole nitrogens is 1. The molecule has 0 spiro atoms. The van der Waals surface area contributed by atoms with E-state index in [1.165, 1.54) is 15.6 Å². The van der Waals surface area contributed by atoms with Gasteiger partial charge in [-0.1, -0.05) is 24.3 Å². The normalized spacial score (nSPS) is 11.2. The lowest BCUT2D eigenvalue weighted by Gasteiger charge is -2.03. The first-order valence-corrected chi connectivity index (χ1v) is 7.41. The van der Waals surface area contributed by atoms with Crippen LogP contribution in [0.3, 0.4) is 0 Å². The van der Waals surface area contributed by atoms with Crippen molar-refractivity contribution < 1.29 is 0 Å². The fourth-order valence-electron chi connectivity index (χ4n) is 2.44. The fraction of sp³-hybridized carbons (Fsp3) is 0.0625. The molecule has 0 saturated heterocycles. The summed E-state index contributed by atoms with van der Waals surface area (Å²) >= 11 is 1.75. The topological polar surface area (TPSA) is 40.7 Å². The SMILES string of the molecule is c1csc(CNc2cc3c(cn2)[nH]c2ccccc23)c1. The summed E-state index contributed by atoms with van der Waals surface area (Å²) in [7, 11) is 0. The number of hydrogen-bond donors (Lipinski definition) is 2. The van der Waals surface area contributed by atoms with Crippen molar-refractivity contribution in [2.75, 3.05) is 5.32 Å². The van der Waals surface area contributed by atoms with Gasteiger partial charge in [0.05, 0.1) is 18.3 Å². The minimum atomic E-state index is 0.818. The van der Waals surface area contributed by atoms with Gasteiger partial charge in [-0.25, -0.2) is 4.98 Å². The molecule has 4 heteroatoms. The molecule has 0 bridgehead atoms. The third-order valence-electron chi connectivity index (χ3n) is 3.41. The lowest BCUT2D eigenvalue weighted by molar-refractivity contribution is 1.15. The number of hydrogen-bond acceptors (Lipinski definition) is 3. The summed E-state index contributed by atoms with van der Waals surface area (Å²) in [5, 5.41) is 7.92. The zero-order valence-electron chi connectivity index (χ0n) is 10.8. The van der Waals surface area contributed by atoms with Crippen LogP contribution in [0.15, 0.2) is 54.0 Å². The van der Waals surface area contributed by atoms with E-state index in [4.69, 9.17) is 0 Å². The molecule has 4 rings (SSSR count). The summed E-state index contributed by atoms with van der Waals surface area (Å²) in [5.41, 5.74) is 2.23. The van der Waals surface area contributed by atoms with E-state index in [0.717, 1.165) is 23.4 Å². The van der Waals surface area contributed by atoms with Crippen LogP contribution in [0.2, 0.25) is 0 Å². The maximum atomic E-state index is 4.46. The highest BCUT2D eigenvalue weighted by atomic mass is 32.1. The van der Waals surface area contributed by atoms with Crippen molar-refractivity contribution >= 4 is 39.0 Å². The Morgan fingerprint density at radius 3 is 2.90 bits per heavy atom. The Morgan fingerprint density at radius 2 is 2.00 bits per heavy atom. The lowest BCUT2D eigenvalue weighted by Crippen LogP contribution is -1.99. The summed E-state index contributed by atoms with van der Waals surface area (Å²) in [6, 6.07) is 14.6.